The Bertz CT molecular complexity index is 532. The zero-order chi connectivity index (χ0) is 12.4. The molecular formula is C14H14FNO. The number of aliphatic hydroxyl groups is 1. The molecule has 2 rings (SSSR count). The molecule has 1 aromatic heterocycles. The van der Waals surface area contributed by atoms with Crippen molar-refractivity contribution in [1.82, 2.24) is 4.98 Å². The van der Waals surface area contributed by atoms with Gasteiger partial charge in [-0.2, -0.15) is 0 Å². The first-order chi connectivity index (χ1) is 8.13. The largest absolute Gasteiger partial charge is 0.390 e. The maximum atomic E-state index is 13.3. The van der Waals surface area contributed by atoms with E-state index in [1.165, 1.54) is 6.07 Å². The van der Waals surface area contributed by atoms with Crippen LogP contribution in [0.25, 0.3) is 11.3 Å². The number of benzene rings is 1. The third kappa shape index (κ3) is 2.19. The minimum Gasteiger partial charge on any atom is -0.390 e. The summed E-state index contributed by atoms with van der Waals surface area (Å²) in [5.74, 6) is -0.470. The highest BCUT2D eigenvalue weighted by Gasteiger charge is 2.09. The number of aryl methyl sites for hydroxylation is 2. The molecule has 0 fully saturated rings. The monoisotopic (exact) mass is 231 g/mol. The molecule has 0 bridgehead atoms. The predicted octanol–water partition coefficient (Wildman–Crippen LogP) is 3.00. The molecule has 0 radical (unpaired) electrons. The highest BCUT2D eigenvalue weighted by atomic mass is 19.1. The van der Waals surface area contributed by atoms with Crippen LogP contribution < -0.4 is 0 Å². The number of hydrogen-bond acceptors (Lipinski definition) is 2. The lowest BCUT2D eigenvalue weighted by atomic mass is 9.99. The summed E-state index contributed by atoms with van der Waals surface area (Å²) in [5, 5.41) is 9.03. The lowest BCUT2D eigenvalue weighted by Crippen LogP contribution is -1.98. The number of aliphatic hydroxyl groups excluding tert-OH is 1. The third-order valence-electron chi connectivity index (χ3n) is 2.81. The molecule has 2 aromatic rings. The Morgan fingerprint density at radius 1 is 1.12 bits per heavy atom. The summed E-state index contributed by atoms with van der Waals surface area (Å²) >= 11 is 0. The quantitative estimate of drug-likeness (QED) is 0.861. The predicted molar refractivity (Wildman–Crippen MR) is 65.0 cm³/mol. The van der Waals surface area contributed by atoms with Crippen molar-refractivity contribution < 1.29 is 9.50 Å². The van der Waals surface area contributed by atoms with E-state index in [1.54, 1.807) is 6.07 Å². The van der Waals surface area contributed by atoms with E-state index in [2.05, 4.69) is 4.98 Å². The number of rotatable bonds is 2. The minimum atomic E-state index is -0.470. The van der Waals surface area contributed by atoms with Crippen LogP contribution in [0.4, 0.5) is 4.39 Å². The van der Waals surface area contributed by atoms with E-state index < -0.39 is 5.82 Å². The van der Waals surface area contributed by atoms with Crippen LogP contribution >= 0.6 is 0 Å². The Hall–Kier alpha value is -1.74. The number of nitrogens with zero attached hydrogens (tertiary/aromatic N) is 1. The van der Waals surface area contributed by atoms with Gasteiger partial charge in [-0.25, -0.2) is 9.37 Å². The average molecular weight is 231 g/mol. The highest BCUT2D eigenvalue weighted by molar-refractivity contribution is 5.67. The van der Waals surface area contributed by atoms with E-state index in [1.807, 2.05) is 32.0 Å². The number of halogens is 1. The van der Waals surface area contributed by atoms with Crippen LogP contribution in [-0.4, -0.2) is 10.1 Å². The molecule has 17 heavy (non-hydrogen) atoms. The van der Waals surface area contributed by atoms with Crippen LogP contribution in [0.1, 0.15) is 16.8 Å². The summed E-state index contributed by atoms with van der Waals surface area (Å²) in [6.45, 7) is 3.60. The molecule has 88 valence electrons. The van der Waals surface area contributed by atoms with Crippen molar-refractivity contribution in [3.8, 4) is 11.3 Å². The van der Waals surface area contributed by atoms with Crippen molar-refractivity contribution in [2.45, 2.75) is 20.5 Å². The summed E-state index contributed by atoms with van der Waals surface area (Å²) < 4.78 is 13.3. The molecule has 1 heterocycles. The van der Waals surface area contributed by atoms with Gasteiger partial charge in [0.1, 0.15) is 11.5 Å². The van der Waals surface area contributed by atoms with Crippen molar-refractivity contribution in [3.05, 3.63) is 53.0 Å². The maximum absolute atomic E-state index is 13.3. The van der Waals surface area contributed by atoms with Gasteiger partial charge in [-0.3, -0.25) is 0 Å². The van der Waals surface area contributed by atoms with E-state index in [9.17, 15) is 4.39 Å². The van der Waals surface area contributed by atoms with E-state index in [-0.39, 0.29) is 12.3 Å². The zero-order valence-electron chi connectivity index (χ0n) is 9.87. The average Bonchev–Trinajstić information content (AvgIpc) is 2.31. The van der Waals surface area contributed by atoms with Crippen molar-refractivity contribution in [3.63, 3.8) is 0 Å². The van der Waals surface area contributed by atoms with Crippen molar-refractivity contribution in [2.24, 2.45) is 0 Å². The van der Waals surface area contributed by atoms with Crippen molar-refractivity contribution in [1.29, 1.82) is 0 Å². The summed E-state index contributed by atoms with van der Waals surface area (Å²) in [7, 11) is 0. The fraction of sp³-hybridized carbons (Fsp3) is 0.214. The summed E-state index contributed by atoms with van der Waals surface area (Å²) in [4.78, 5) is 4.16. The smallest absolute Gasteiger partial charge is 0.147 e. The molecule has 0 aliphatic rings. The second kappa shape index (κ2) is 4.63. The molecule has 0 aliphatic heterocycles. The van der Waals surface area contributed by atoms with Gasteiger partial charge >= 0.3 is 0 Å². The van der Waals surface area contributed by atoms with Crippen molar-refractivity contribution >= 4 is 0 Å². The Morgan fingerprint density at radius 3 is 2.35 bits per heavy atom. The van der Waals surface area contributed by atoms with Crippen LogP contribution in [-0.2, 0) is 6.61 Å². The molecule has 0 spiro atoms. The van der Waals surface area contributed by atoms with E-state index >= 15 is 0 Å². The first-order valence-electron chi connectivity index (χ1n) is 5.46. The topological polar surface area (TPSA) is 33.1 Å². The first kappa shape index (κ1) is 11.7. The fourth-order valence-electron chi connectivity index (χ4n) is 1.95. The van der Waals surface area contributed by atoms with Gasteiger partial charge in [-0.15, -0.1) is 0 Å². The highest BCUT2D eigenvalue weighted by Crippen LogP contribution is 2.26. The van der Waals surface area contributed by atoms with E-state index in [0.717, 1.165) is 16.7 Å². The third-order valence-corrected chi connectivity index (χ3v) is 2.81. The van der Waals surface area contributed by atoms with Gasteiger partial charge in [0.05, 0.1) is 12.3 Å². The standard InChI is InChI=1S/C14H14FNO/c1-9-4-3-5-10(2)14(9)12-7-6-11(15)13(8-17)16-12/h3-7,17H,8H2,1-2H3. The van der Waals surface area contributed by atoms with Crippen LogP contribution in [0.15, 0.2) is 30.3 Å². The van der Waals surface area contributed by atoms with Gasteiger partial charge < -0.3 is 5.11 Å². The molecular weight excluding hydrogens is 217 g/mol. The van der Waals surface area contributed by atoms with Crippen LogP contribution in [0.5, 0.6) is 0 Å². The Kier molecular flexibility index (Phi) is 3.20. The zero-order valence-corrected chi connectivity index (χ0v) is 9.87. The van der Waals surface area contributed by atoms with Crippen LogP contribution in [0, 0.1) is 19.7 Å². The minimum absolute atomic E-state index is 0.0881. The molecule has 1 aromatic carbocycles. The van der Waals surface area contributed by atoms with Gasteiger partial charge in [0.15, 0.2) is 0 Å². The number of hydrogen-bond donors (Lipinski definition) is 1. The number of aromatic nitrogens is 1. The molecule has 1 N–H and O–H groups in total. The Labute approximate surface area is 99.8 Å². The Balaban J connectivity index is 2.61. The van der Waals surface area contributed by atoms with E-state index in [4.69, 9.17) is 5.11 Å². The van der Waals surface area contributed by atoms with Gasteiger partial charge in [0.2, 0.25) is 0 Å². The lowest BCUT2D eigenvalue weighted by Gasteiger charge is -2.10. The SMILES string of the molecule is Cc1cccc(C)c1-c1ccc(F)c(CO)n1. The van der Waals surface area contributed by atoms with Gasteiger partial charge in [-0.05, 0) is 37.1 Å². The van der Waals surface area contributed by atoms with Gasteiger partial charge in [0, 0.05) is 5.56 Å². The molecule has 0 amide bonds. The second-order valence-corrected chi connectivity index (χ2v) is 4.05. The van der Waals surface area contributed by atoms with Gasteiger partial charge in [-0.1, -0.05) is 18.2 Å². The maximum Gasteiger partial charge on any atom is 0.147 e. The summed E-state index contributed by atoms with van der Waals surface area (Å²) in [5.41, 5.74) is 3.97. The number of pyridine rings is 1. The summed E-state index contributed by atoms with van der Waals surface area (Å²) in [6, 6.07) is 8.95. The van der Waals surface area contributed by atoms with E-state index in [0.29, 0.717) is 5.69 Å². The second-order valence-electron chi connectivity index (χ2n) is 4.05. The molecule has 3 heteroatoms. The normalized spacial score (nSPS) is 10.6. The van der Waals surface area contributed by atoms with Crippen LogP contribution in [0.3, 0.4) is 0 Å². The first-order valence-corrected chi connectivity index (χ1v) is 5.46. The summed E-state index contributed by atoms with van der Waals surface area (Å²) in [6.07, 6.45) is 0. The molecule has 0 unspecified atom stereocenters. The van der Waals surface area contributed by atoms with Crippen molar-refractivity contribution in [2.75, 3.05) is 0 Å². The molecule has 0 saturated carbocycles. The van der Waals surface area contributed by atoms with Crippen LogP contribution in [0.2, 0.25) is 0 Å². The molecule has 0 aliphatic carbocycles. The van der Waals surface area contributed by atoms with Gasteiger partial charge in [0.25, 0.3) is 0 Å². The molecule has 0 atom stereocenters. The molecule has 0 saturated heterocycles. The lowest BCUT2D eigenvalue weighted by molar-refractivity contribution is 0.270. The molecule has 2 nitrogen and oxygen atoms in total. The Morgan fingerprint density at radius 2 is 1.76 bits per heavy atom. The fourth-order valence-corrected chi connectivity index (χ4v) is 1.95.